The second-order valence-electron chi connectivity index (χ2n) is 4.27. The Morgan fingerprint density at radius 1 is 1.29 bits per heavy atom. The maximum atomic E-state index is 11.5. The molecule has 0 amide bonds. The first kappa shape index (κ1) is 14.1. The van der Waals surface area contributed by atoms with Crippen LogP contribution in [0.5, 0.6) is 0 Å². The molecule has 0 radical (unpaired) electrons. The third kappa shape index (κ3) is 4.83. The monoisotopic (exact) mass is 256 g/mol. The van der Waals surface area contributed by atoms with E-state index in [1.54, 1.807) is 19.3 Å². The van der Waals surface area contributed by atoms with Crippen molar-refractivity contribution < 1.29 is 8.42 Å². The van der Waals surface area contributed by atoms with Crippen LogP contribution in [-0.4, -0.2) is 30.9 Å². The van der Waals surface area contributed by atoms with Crippen molar-refractivity contribution in [3.05, 3.63) is 30.1 Å². The highest BCUT2D eigenvalue weighted by molar-refractivity contribution is 7.91. The van der Waals surface area contributed by atoms with E-state index in [-0.39, 0.29) is 23.6 Å². The molecule has 1 rings (SSSR count). The van der Waals surface area contributed by atoms with E-state index in [0.717, 1.165) is 5.56 Å². The number of nitrogens with zero attached hydrogens (tertiary/aromatic N) is 1. The molecule has 5 heteroatoms. The summed E-state index contributed by atoms with van der Waals surface area (Å²) in [5.41, 5.74) is 1.11. The fourth-order valence-corrected chi connectivity index (χ4v) is 2.82. The van der Waals surface area contributed by atoms with Crippen LogP contribution >= 0.6 is 0 Å². The van der Waals surface area contributed by atoms with Gasteiger partial charge in [-0.15, -0.1) is 0 Å². The van der Waals surface area contributed by atoms with Crippen molar-refractivity contribution in [3.8, 4) is 0 Å². The Hall–Kier alpha value is -0.940. The largest absolute Gasteiger partial charge is 0.307 e. The molecule has 1 aromatic heterocycles. The van der Waals surface area contributed by atoms with Gasteiger partial charge in [0.15, 0.2) is 9.84 Å². The highest BCUT2D eigenvalue weighted by atomic mass is 32.2. The van der Waals surface area contributed by atoms with Crippen LogP contribution in [0.1, 0.15) is 32.4 Å². The van der Waals surface area contributed by atoms with Crippen LogP contribution in [0.3, 0.4) is 0 Å². The summed E-state index contributed by atoms with van der Waals surface area (Å²) >= 11 is 0. The third-order valence-corrected chi connectivity index (χ3v) is 4.57. The number of sulfone groups is 1. The first-order chi connectivity index (χ1) is 7.94. The predicted molar refractivity (Wildman–Crippen MR) is 69.6 cm³/mol. The second-order valence-corrected chi connectivity index (χ2v) is 6.67. The molecule has 17 heavy (non-hydrogen) atoms. The average Bonchev–Trinajstić information content (AvgIpc) is 2.29. The van der Waals surface area contributed by atoms with Gasteiger partial charge in [0.2, 0.25) is 0 Å². The van der Waals surface area contributed by atoms with Crippen molar-refractivity contribution in [2.24, 2.45) is 0 Å². The molecule has 0 aliphatic rings. The lowest BCUT2D eigenvalue weighted by Gasteiger charge is -2.20. The minimum atomic E-state index is -2.92. The van der Waals surface area contributed by atoms with E-state index in [1.807, 2.05) is 26.0 Å². The van der Waals surface area contributed by atoms with Gasteiger partial charge in [0, 0.05) is 30.2 Å². The van der Waals surface area contributed by atoms with E-state index < -0.39 is 9.84 Å². The normalized spacial score (nSPS) is 15.5. The SMILES string of the molecule is CCS(=O)(=O)CC(C)N[C@H](C)c1ccncc1. The van der Waals surface area contributed by atoms with Gasteiger partial charge in [-0.1, -0.05) is 6.92 Å². The number of rotatable bonds is 6. The van der Waals surface area contributed by atoms with Gasteiger partial charge >= 0.3 is 0 Å². The second kappa shape index (κ2) is 6.12. The minimum Gasteiger partial charge on any atom is -0.307 e. The lowest BCUT2D eigenvalue weighted by molar-refractivity contribution is 0.499. The van der Waals surface area contributed by atoms with Gasteiger partial charge in [0.25, 0.3) is 0 Å². The first-order valence-corrected chi connectivity index (χ1v) is 7.63. The van der Waals surface area contributed by atoms with E-state index >= 15 is 0 Å². The maximum Gasteiger partial charge on any atom is 0.151 e. The van der Waals surface area contributed by atoms with E-state index in [9.17, 15) is 8.42 Å². The molecular weight excluding hydrogens is 236 g/mol. The Bertz CT molecular complexity index is 431. The molecule has 1 aromatic rings. The summed E-state index contributed by atoms with van der Waals surface area (Å²) in [6.07, 6.45) is 3.47. The molecule has 2 atom stereocenters. The summed E-state index contributed by atoms with van der Waals surface area (Å²) < 4.78 is 23.0. The zero-order chi connectivity index (χ0) is 12.9. The molecule has 96 valence electrons. The minimum absolute atomic E-state index is 0.0527. The third-order valence-electron chi connectivity index (χ3n) is 2.68. The molecule has 0 spiro atoms. The summed E-state index contributed by atoms with van der Waals surface area (Å²) in [5, 5.41) is 3.28. The van der Waals surface area contributed by atoms with Gasteiger partial charge < -0.3 is 5.32 Å². The topological polar surface area (TPSA) is 59.1 Å². The molecule has 0 saturated heterocycles. The Kier molecular flexibility index (Phi) is 5.08. The fourth-order valence-electron chi connectivity index (χ4n) is 1.72. The summed E-state index contributed by atoms with van der Waals surface area (Å²) in [5.74, 6) is 0.377. The molecule has 0 aromatic carbocycles. The van der Waals surface area contributed by atoms with Crippen molar-refractivity contribution in [2.75, 3.05) is 11.5 Å². The van der Waals surface area contributed by atoms with Crippen molar-refractivity contribution in [1.29, 1.82) is 0 Å². The molecule has 0 bridgehead atoms. The van der Waals surface area contributed by atoms with E-state index in [2.05, 4.69) is 10.3 Å². The molecule has 0 fully saturated rings. The lowest BCUT2D eigenvalue weighted by Crippen LogP contribution is -2.35. The number of pyridine rings is 1. The molecule has 0 aliphatic heterocycles. The number of nitrogens with one attached hydrogen (secondary N) is 1. The number of hydrogen-bond donors (Lipinski definition) is 1. The van der Waals surface area contributed by atoms with Gasteiger partial charge in [-0.2, -0.15) is 0 Å². The highest BCUT2D eigenvalue weighted by Crippen LogP contribution is 2.11. The van der Waals surface area contributed by atoms with Crippen molar-refractivity contribution in [1.82, 2.24) is 10.3 Å². The molecule has 1 N–H and O–H groups in total. The van der Waals surface area contributed by atoms with Crippen LogP contribution in [0.25, 0.3) is 0 Å². The smallest absolute Gasteiger partial charge is 0.151 e. The highest BCUT2D eigenvalue weighted by Gasteiger charge is 2.15. The van der Waals surface area contributed by atoms with Crippen LogP contribution < -0.4 is 5.32 Å². The first-order valence-electron chi connectivity index (χ1n) is 5.81. The van der Waals surface area contributed by atoms with Gasteiger partial charge in [-0.25, -0.2) is 8.42 Å². The van der Waals surface area contributed by atoms with Crippen LogP contribution in [0.4, 0.5) is 0 Å². The molecule has 1 unspecified atom stereocenters. The maximum absolute atomic E-state index is 11.5. The summed E-state index contributed by atoms with van der Waals surface area (Å²) in [6.45, 7) is 5.59. The number of hydrogen-bond acceptors (Lipinski definition) is 4. The number of aromatic nitrogens is 1. The molecular formula is C12H20N2O2S. The fraction of sp³-hybridized carbons (Fsp3) is 0.583. The molecule has 0 saturated carbocycles. The molecule has 4 nitrogen and oxygen atoms in total. The molecule has 1 heterocycles. The summed E-state index contributed by atoms with van der Waals surface area (Å²) in [7, 11) is -2.92. The lowest BCUT2D eigenvalue weighted by atomic mass is 10.1. The standard InChI is InChI=1S/C12H20N2O2S/c1-4-17(15,16)9-10(2)14-11(3)12-5-7-13-8-6-12/h5-8,10-11,14H,4,9H2,1-3H3/t10?,11-/m1/s1. The Morgan fingerprint density at radius 2 is 1.88 bits per heavy atom. The summed E-state index contributed by atoms with van der Waals surface area (Å²) in [4.78, 5) is 3.96. The van der Waals surface area contributed by atoms with Crippen LogP contribution in [0, 0.1) is 0 Å². The predicted octanol–water partition coefficient (Wildman–Crippen LogP) is 1.56. The van der Waals surface area contributed by atoms with Crippen LogP contribution in [0.15, 0.2) is 24.5 Å². The van der Waals surface area contributed by atoms with E-state index in [1.165, 1.54) is 0 Å². The Labute approximate surface area is 103 Å². The van der Waals surface area contributed by atoms with E-state index in [4.69, 9.17) is 0 Å². The zero-order valence-electron chi connectivity index (χ0n) is 10.6. The Morgan fingerprint density at radius 3 is 2.41 bits per heavy atom. The van der Waals surface area contributed by atoms with Crippen molar-refractivity contribution >= 4 is 9.84 Å². The van der Waals surface area contributed by atoms with Crippen LogP contribution in [0.2, 0.25) is 0 Å². The quantitative estimate of drug-likeness (QED) is 0.839. The van der Waals surface area contributed by atoms with Gasteiger partial charge in [0.1, 0.15) is 0 Å². The van der Waals surface area contributed by atoms with Gasteiger partial charge in [0.05, 0.1) is 5.75 Å². The van der Waals surface area contributed by atoms with Crippen molar-refractivity contribution in [3.63, 3.8) is 0 Å². The van der Waals surface area contributed by atoms with Gasteiger partial charge in [-0.05, 0) is 31.5 Å². The summed E-state index contributed by atoms with van der Waals surface area (Å²) in [6, 6.07) is 3.93. The molecule has 0 aliphatic carbocycles. The van der Waals surface area contributed by atoms with E-state index in [0.29, 0.717) is 0 Å². The van der Waals surface area contributed by atoms with Crippen molar-refractivity contribution in [2.45, 2.75) is 32.9 Å². The van der Waals surface area contributed by atoms with Crippen LogP contribution in [-0.2, 0) is 9.84 Å². The zero-order valence-corrected chi connectivity index (χ0v) is 11.4. The Balaban J connectivity index is 2.55. The average molecular weight is 256 g/mol. The van der Waals surface area contributed by atoms with Gasteiger partial charge in [-0.3, -0.25) is 4.98 Å².